The molecule has 1 atom stereocenters. The molecular weight excluding hydrogens is 228 g/mol. The van der Waals surface area contributed by atoms with Crippen molar-refractivity contribution in [2.24, 2.45) is 0 Å². The summed E-state index contributed by atoms with van der Waals surface area (Å²) in [4.78, 5) is 8.56. The number of hydrogen-bond donors (Lipinski definition) is 1. The average Bonchev–Trinajstić information content (AvgIpc) is 2.89. The first-order valence-corrected chi connectivity index (χ1v) is 6.34. The molecule has 0 aromatic carbocycles. The molecule has 0 spiro atoms. The summed E-state index contributed by atoms with van der Waals surface area (Å²) in [6, 6.07) is 3.94. The van der Waals surface area contributed by atoms with Gasteiger partial charge in [0.1, 0.15) is 0 Å². The lowest BCUT2D eigenvalue weighted by Gasteiger charge is -2.18. The van der Waals surface area contributed by atoms with Crippen LogP contribution in [-0.2, 0) is 6.42 Å². The van der Waals surface area contributed by atoms with Gasteiger partial charge in [-0.3, -0.25) is 4.98 Å². The summed E-state index contributed by atoms with van der Waals surface area (Å²) in [6.07, 6.45) is 6.57. The van der Waals surface area contributed by atoms with Gasteiger partial charge in [0.25, 0.3) is 0 Å². The molecule has 2 aromatic heterocycles. The summed E-state index contributed by atoms with van der Waals surface area (Å²) in [7, 11) is 0. The highest BCUT2D eigenvalue weighted by Gasteiger charge is 2.21. The van der Waals surface area contributed by atoms with E-state index in [2.05, 4.69) is 20.4 Å². The molecule has 1 aliphatic rings. The first-order valence-electron chi connectivity index (χ1n) is 6.34. The van der Waals surface area contributed by atoms with Crippen LogP contribution in [0.15, 0.2) is 29.0 Å². The van der Waals surface area contributed by atoms with Crippen LogP contribution in [0.2, 0.25) is 0 Å². The zero-order chi connectivity index (χ0) is 12.2. The molecule has 3 rings (SSSR count). The number of nitrogens with one attached hydrogen (secondary N) is 1. The van der Waals surface area contributed by atoms with Crippen LogP contribution in [-0.4, -0.2) is 28.2 Å². The molecule has 18 heavy (non-hydrogen) atoms. The predicted molar refractivity (Wildman–Crippen MR) is 66.2 cm³/mol. The van der Waals surface area contributed by atoms with Gasteiger partial charge in [-0.15, -0.1) is 0 Å². The highest BCUT2D eigenvalue weighted by molar-refractivity contribution is 5.14. The minimum atomic E-state index is 0.369. The third-order valence-electron chi connectivity index (χ3n) is 3.21. The third kappa shape index (κ3) is 2.56. The Morgan fingerprint density at radius 3 is 3.22 bits per heavy atom. The third-order valence-corrected chi connectivity index (χ3v) is 3.21. The summed E-state index contributed by atoms with van der Waals surface area (Å²) < 4.78 is 5.35. The molecule has 0 amide bonds. The molecule has 0 radical (unpaired) electrons. The number of hydrogen-bond acceptors (Lipinski definition) is 5. The lowest BCUT2D eigenvalue weighted by Crippen LogP contribution is -2.28. The second kappa shape index (κ2) is 5.27. The van der Waals surface area contributed by atoms with Crippen molar-refractivity contribution in [3.63, 3.8) is 0 Å². The first-order chi connectivity index (χ1) is 8.92. The van der Waals surface area contributed by atoms with Crippen molar-refractivity contribution in [1.82, 2.24) is 20.4 Å². The number of piperidine rings is 1. The van der Waals surface area contributed by atoms with Crippen molar-refractivity contribution in [3.8, 4) is 0 Å². The summed E-state index contributed by atoms with van der Waals surface area (Å²) in [5.74, 6) is 1.87. The number of pyridine rings is 1. The van der Waals surface area contributed by atoms with Gasteiger partial charge in [0.2, 0.25) is 5.89 Å². The minimum Gasteiger partial charge on any atom is -0.339 e. The van der Waals surface area contributed by atoms with Crippen LogP contribution < -0.4 is 5.32 Å². The number of nitrogens with zero attached hydrogens (tertiary/aromatic N) is 3. The van der Waals surface area contributed by atoms with E-state index >= 15 is 0 Å². The summed E-state index contributed by atoms with van der Waals surface area (Å²) in [5, 5.41) is 7.40. The van der Waals surface area contributed by atoms with Crippen LogP contribution in [0.25, 0.3) is 0 Å². The van der Waals surface area contributed by atoms with E-state index in [1.807, 2.05) is 18.3 Å². The zero-order valence-corrected chi connectivity index (χ0v) is 10.2. The Morgan fingerprint density at radius 1 is 1.44 bits per heavy atom. The normalized spacial score (nSPS) is 19.9. The summed E-state index contributed by atoms with van der Waals surface area (Å²) in [6.45, 7) is 2.03. The summed E-state index contributed by atoms with van der Waals surface area (Å²) in [5.41, 5.74) is 1.10. The fourth-order valence-electron chi connectivity index (χ4n) is 2.25. The highest BCUT2D eigenvalue weighted by atomic mass is 16.5. The van der Waals surface area contributed by atoms with Crippen molar-refractivity contribution in [2.75, 3.05) is 13.1 Å². The Labute approximate surface area is 106 Å². The van der Waals surface area contributed by atoms with Crippen LogP contribution in [0.1, 0.15) is 36.0 Å². The number of aromatic nitrogens is 3. The van der Waals surface area contributed by atoms with Crippen molar-refractivity contribution in [3.05, 3.63) is 41.8 Å². The SMILES string of the molecule is c1cncc(Cc2noc([C@H]3CCCNC3)n2)c1. The van der Waals surface area contributed by atoms with Crippen LogP contribution in [0.5, 0.6) is 0 Å². The first kappa shape index (κ1) is 11.3. The van der Waals surface area contributed by atoms with E-state index < -0.39 is 0 Å². The molecule has 1 saturated heterocycles. The lowest BCUT2D eigenvalue weighted by atomic mass is 10.00. The van der Waals surface area contributed by atoms with Crippen LogP contribution in [0.3, 0.4) is 0 Å². The number of rotatable bonds is 3. The molecule has 1 fully saturated rings. The van der Waals surface area contributed by atoms with Crippen molar-refractivity contribution < 1.29 is 4.52 Å². The second-order valence-corrected chi connectivity index (χ2v) is 4.63. The minimum absolute atomic E-state index is 0.369. The van der Waals surface area contributed by atoms with E-state index in [0.29, 0.717) is 12.3 Å². The molecule has 5 heteroatoms. The molecule has 0 unspecified atom stereocenters. The molecule has 2 aromatic rings. The molecule has 0 saturated carbocycles. The Balaban J connectivity index is 1.69. The molecule has 5 nitrogen and oxygen atoms in total. The van der Waals surface area contributed by atoms with Gasteiger partial charge in [0, 0.05) is 25.4 Å². The Morgan fingerprint density at radius 2 is 2.44 bits per heavy atom. The summed E-state index contributed by atoms with van der Waals surface area (Å²) >= 11 is 0. The van der Waals surface area contributed by atoms with Crippen molar-refractivity contribution in [2.45, 2.75) is 25.2 Å². The van der Waals surface area contributed by atoms with E-state index in [1.165, 1.54) is 6.42 Å². The maximum atomic E-state index is 5.35. The van der Waals surface area contributed by atoms with E-state index in [1.54, 1.807) is 6.20 Å². The zero-order valence-electron chi connectivity index (χ0n) is 10.2. The van der Waals surface area contributed by atoms with E-state index in [-0.39, 0.29) is 0 Å². The Kier molecular flexibility index (Phi) is 3.32. The van der Waals surface area contributed by atoms with Gasteiger partial charge in [-0.25, -0.2) is 0 Å². The topological polar surface area (TPSA) is 63.8 Å². The molecule has 0 bridgehead atoms. The molecular formula is C13H16N4O. The van der Waals surface area contributed by atoms with Gasteiger partial charge < -0.3 is 9.84 Å². The molecule has 0 aliphatic carbocycles. The smallest absolute Gasteiger partial charge is 0.231 e. The van der Waals surface area contributed by atoms with Crippen molar-refractivity contribution >= 4 is 0 Å². The largest absolute Gasteiger partial charge is 0.339 e. The average molecular weight is 244 g/mol. The van der Waals surface area contributed by atoms with Gasteiger partial charge in [-0.05, 0) is 31.0 Å². The Bertz CT molecular complexity index is 491. The van der Waals surface area contributed by atoms with Gasteiger partial charge >= 0.3 is 0 Å². The maximum absolute atomic E-state index is 5.35. The van der Waals surface area contributed by atoms with Gasteiger partial charge in [-0.1, -0.05) is 11.2 Å². The maximum Gasteiger partial charge on any atom is 0.231 e. The van der Waals surface area contributed by atoms with E-state index in [9.17, 15) is 0 Å². The molecule has 94 valence electrons. The van der Waals surface area contributed by atoms with E-state index in [0.717, 1.165) is 36.8 Å². The van der Waals surface area contributed by atoms with Gasteiger partial charge in [-0.2, -0.15) is 4.98 Å². The van der Waals surface area contributed by atoms with Crippen LogP contribution in [0, 0.1) is 0 Å². The van der Waals surface area contributed by atoms with Crippen LogP contribution in [0.4, 0.5) is 0 Å². The lowest BCUT2D eigenvalue weighted by molar-refractivity contribution is 0.320. The fourth-order valence-corrected chi connectivity index (χ4v) is 2.25. The van der Waals surface area contributed by atoms with Gasteiger partial charge in [0.15, 0.2) is 5.82 Å². The van der Waals surface area contributed by atoms with Gasteiger partial charge in [0.05, 0.1) is 5.92 Å². The highest BCUT2D eigenvalue weighted by Crippen LogP contribution is 2.21. The quantitative estimate of drug-likeness (QED) is 0.887. The molecule has 3 heterocycles. The standard InChI is InChI=1S/C13H16N4O/c1-3-10(8-14-5-1)7-12-16-13(18-17-12)11-4-2-6-15-9-11/h1,3,5,8,11,15H,2,4,6-7,9H2/t11-/m0/s1. The fraction of sp³-hybridized carbons (Fsp3) is 0.462. The van der Waals surface area contributed by atoms with E-state index in [4.69, 9.17) is 4.52 Å². The second-order valence-electron chi connectivity index (χ2n) is 4.63. The molecule has 1 aliphatic heterocycles. The predicted octanol–water partition coefficient (Wildman–Crippen LogP) is 1.52. The van der Waals surface area contributed by atoms with Crippen molar-refractivity contribution in [1.29, 1.82) is 0 Å². The molecule has 1 N–H and O–H groups in total. The monoisotopic (exact) mass is 244 g/mol. The Hall–Kier alpha value is -1.75. The van der Waals surface area contributed by atoms with Crippen LogP contribution >= 0.6 is 0 Å².